The summed E-state index contributed by atoms with van der Waals surface area (Å²) in [6.45, 7) is 0. The standard InChI is InChI=1S/C15H13N7/c16-15-18-5-3-13(21-15)20-10-6-9-8-19-22-14(9)11(7-10)12-2-1-4-17-12/h1-8,17H,(H,19,22)(H3,16,18,20,21). The van der Waals surface area contributed by atoms with Gasteiger partial charge in [0, 0.05) is 34.7 Å². The number of hydrogen-bond acceptors (Lipinski definition) is 5. The molecular weight excluding hydrogens is 278 g/mol. The molecule has 0 saturated heterocycles. The van der Waals surface area contributed by atoms with Gasteiger partial charge in [-0.1, -0.05) is 0 Å². The summed E-state index contributed by atoms with van der Waals surface area (Å²) in [6, 6.07) is 9.78. The molecule has 7 heteroatoms. The molecule has 4 aromatic rings. The monoisotopic (exact) mass is 291 g/mol. The molecule has 0 unspecified atom stereocenters. The number of benzene rings is 1. The van der Waals surface area contributed by atoms with Crippen LogP contribution in [0.4, 0.5) is 17.5 Å². The van der Waals surface area contributed by atoms with E-state index in [1.807, 2.05) is 30.5 Å². The minimum Gasteiger partial charge on any atom is -0.368 e. The van der Waals surface area contributed by atoms with Crippen LogP contribution in [0.1, 0.15) is 0 Å². The van der Waals surface area contributed by atoms with E-state index in [0.29, 0.717) is 5.82 Å². The van der Waals surface area contributed by atoms with Gasteiger partial charge in [-0.3, -0.25) is 5.10 Å². The van der Waals surface area contributed by atoms with Crippen LogP contribution in [0.5, 0.6) is 0 Å². The SMILES string of the molecule is Nc1nccc(Nc2cc(-c3ccc[nH]3)c3[nH]ncc3c2)n1. The minimum absolute atomic E-state index is 0.235. The van der Waals surface area contributed by atoms with E-state index in [2.05, 4.69) is 30.5 Å². The summed E-state index contributed by atoms with van der Waals surface area (Å²) in [5.41, 5.74) is 9.54. The van der Waals surface area contributed by atoms with Crippen molar-refractivity contribution in [3.05, 3.63) is 48.9 Å². The molecule has 7 nitrogen and oxygen atoms in total. The molecule has 1 aromatic carbocycles. The Bertz CT molecular complexity index is 924. The Morgan fingerprint density at radius 2 is 2.14 bits per heavy atom. The molecule has 108 valence electrons. The van der Waals surface area contributed by atoms with Gasteiger partial charge in [0.15, 0.2) is 0 Å². The first-order chi connectivity index (χ1) is 10.8. The first kappa shape index (κ1) is 12.4. The predicted molar refractivity (Wildman–Crippen MR) is 85.6 cm³/mol. The van der Waals surface area contributed by atoms with Crippen LogP contribution in [0.3, 0.4) is 0 Å². The second-order valence-electron chi connectivity index (χ2n) is 4.87. The first-order valence-corrected chi connectivity index (χ1v) is 6.76. The molecule has 0 saturated carbocycles. The molecule has 3 aromatic heterocycles. The zero-order valence-corrected chi connectivity index (χ0v) is 11.5. The van der Waals surface area contributed by atoms with Gasteiger partial charge in [-0.15, -0.1) is 0 Å². The lowest BCUT2D eigenvalue weighted by Crippen LogP contribution is -1.99. The van der Waals surface area contributed by atoms with Crippen molar-refractivity contribution < 1.29 is 0 Å². The summed E-state index contributed by atoms with van der Waals surface area (Å²) in [5, 5.41) is 11.4. The summed E-state index contributed by atoms with van der Waals surface area (Å²) in [5.74, 6) is 0.881. The van der Waals surface area contributed by atoms with Crippen LogP contribution in [0, 0.1) is 0 Å². The smallest absolute Gasteiger partial charge is 0.221 e. The Hall–Kier alpha value is -3.35. The van der Waals surface area contributed by atoms with Crippen LogP contribution in [0.15, 0.2) is 48.9 Å². The fourth-order valence-electron chi connectivity index (χ4n) is 2.43. The fraction of sp³-hybridized carbons (Fsp3) is 0. The molecule has 0 aliphatic carbocycles. The molecule has 5 N–H and O–H groups in total. The topological polar surface area (TPSA) is 108 Å². The molecule has 0 aliphatic heterocycles. The summed E-state index contributed by atoms with van der Waals surface area (Å²) in [6.07, 6.45) is 5.30. The van der Waals surface area contributed by atoms with E-state index in [0.717, 1.165) is 27.8 Å². The normalized spacial score (nSPS) is 10.9. The van der Waals surface area contributed by atoms with Gasteiger partial charge in [0.25, 0.3) is 0 Å². The molecule has 22 heavy (non-hydrogen) atoms. The molecular formula is C15H13N7. The highest BCUT2D eigenvalue weighted by Gasteiger charge is 2.09. The van der Waals surface area contributed by atoms with Gasteiger partial charge in [0.2, 0.25) is 5.95 Å². The second kappa shape index (κ2) is 4.88. The van der Waals surface area contributed by atoms with E-state index in [1.165, 1.54) is 0 Å². The van der Waals surface area contributed by atoms with Gasteiger partial charge in [-0.25, -0.2) is 4.98 Å². The van der Waals surface area contributed by atoms with E-state index in [4.69, 9.17) is 5.73 Å². The van der Waals surface area contributed by atoms with Crippen molar-refractivity contribution in [1.29, 1.82) is 0 Å². The Morgan fingerprint density at radius 3 is 2.95 bits per heavy atom. The molecule has 0 amide bonds. The lowest BCUT2D eigenvalue weighted by molar-refractivity contribution is 1.12. The maximum Gasteiger partial charge on any atom is 0.221 e. The number of rotatable bonds is 3. The maximum atomic E-state index is 5.61. The maximum absolute atomic E-state index is 5.61. The number of anilines is 3. The number of nitrogen functional groups attached to an aromatic ring is 1. The van der Waals surface area contributed by atoms with Gasteiger partial charge in [0.05, 0.1) is 11.7 Å². The third-order valence-electron chi connectivity index (χ3n) is 3.38. The van der Waals surface area contributed by atoms with Gasteiger partial charge in [0.1, 0.15) is 5.82 Å². The third kappa shape index (κ3) is 2.14. The fourth-order valence-corrected chi connectivity index (χ4v) is 2.43. The van der Waals surface area contributed by atoms with Crippen molar-refractivity contribution in [2.45, 2.75) is 0 Å². The number of aromatic amines is 2. The highest BCUT2D eigenvalue weighted by atomic mass is 15.1. The predicted octanol–water partition coefficient (Wildman–Crippen LogP) is 2.67. The molecule has 0 bridgehead atoms. The summed E-state index contributed by atoms with van der Waals surface area (Å²) in [7, 11) is 0. The van der Waals surface area contributed by atoms with Crippen LogP contribution in [-0.2, 0) is 0 Å². The number of hydrogen-bond donors (Lipinski definition) is 4. The number of nitrogens with zero attached hydrogens (tertiary/aromatic N) is 3. The minimum atomic E-state index is 0.235. The molecule has 0 atom stereocenters. The number of nitrogens with two attached hydrogens (primary N) is 1. The van der Waals surface area contributed by atoms with Gasteiger partial charge >= 0.3 is 0 Å². The quantitative estimate of drug-likeness (QED) is 0.464. The zero-order chi connectivity index (χ0) is 14.9. The van der Waals surface area contributed by atoms with Crippen LogP contribution in [0.2, 0.25) is 0 Å². The van der Waals surface area contributed by atoms with E-state index in [-0.39, 0.29) is 5.95 Å². The van der Waals surface area contributed by atoms with E-state index >= 15 is 0 Å². The van der Waals surface area contributed by atoms with Crippen LogP contribution >= 0.6 is 0 Å². The Kier molecular flexibility index (Phi) is 2.75. The van der Waals surface area contributed by atoms with Crippen molar-refractivity contribution in [2.24, 2.45) is 0 Å². The molecule has 0 fully saturated rings. The Morgan fingerprint density at radius 1 is 1.18 bits per heavy atom. The number of fused-ring (bicyclic) bond motifs is 1. The van der Waals surface area contributed by atoms with Crippen LogP contribution < -0.4 is 11.1 Å². The molecule has 0 spiro atoms. The first-order valence-electron chi connectivity index (χ1n) is 6.76. The third-order valence-corrected chi connectivity index (χ3v) is 3.38. The van der Waals surface area contributed by atoms with Crippen molar-refractivity contribution in [3.63, 3.8) is 0 Å². The number of nitrogens with one attached hydrogen (secondary N) is 3. The van der Waals surface area contributed by atoms with Crippen molar-refractivity contribution in [3.8, 4) is 11.3 Å². The zero-order valence-electron chi connectivity index (χ0n) is 11.5. The highest BCUT2D eigenvalue weighted by molar-refractivity contribution is 5.96. The number of H-pyrrole nitrogens is 2. The molecule has 3 heterocycles. The second-order valence-corrected chi connectivity index (χ2v) is 4.87. The van der Waals surface area contributed by atoms with Crippen LogP contribution in [-0.4, -0.2) is 25.1 Å². The van der Waals surface area contributed by atoms with Crippen molar-refractivity contribution in [1.82, 2.24) is 25.1 Å². The Labute approximate surface area is 125 Å². The summed E-state index contributed by atoms with van der Waals surface area (Å²) < 4.78 is 0. The van der Waals surface area contributed by atoms with E-state index < -0.39 is 0 Å². The van der Waals surface area contributed by atoms with Gasteiger partial charge in [-0.05, 0) is 30.3 Å². The number of aromatic nitrogens is 5. The van der Waals surface area contributed by atoms with Crippen molar-refractivity contribution in [2.75, 3.05) is 11.1 Å². The lowest BCUT2D eigenvalue weighted by atomic mass is 10.1. The molecule has 4 rings (SSSR count). The van der Waals surface area contributed by atoms with E-state index in [9.17, 15) is 0 Å². The average molecular weight is 291 g/mol. The summed E-state index contributed by atoms with van der Waals surface area (Å²) >= 11 is 0. The van der Waals surface area contributed by atoms with Gasteiger partial charge in [-0.2, -0.15) is 10.1 Å². The largest absolute Gasteiger partial charge is 0.368 e. The lowest BCUT2D eigenvalue weighted by Gasteiger charge is -2.09. The highest BCUT2D eigenvalue weighted by Crippen LogP contribution is 2.30. The van der Waals surface area contributed by atoms with Crippen LogP contribution in [0.25, 0.3) is 22.2 Å². The average Bonchev–Trinajstić information content (AvgIpc) is 3.18. The molecule has 0 radical (unpaired) electrons. The molecule has 0 aliphatic rings. The summed E-state index contributed by atoms with van der Waals surface area (Å²) in [4.78, 5) is 11.3. The van der Waals surface area contributed by atoms with Gasteiger partial charge < -0.3 is 16.0 Å². The van der Waals surface area contributed by atoms with Crippen molar-refractivity contribution >= 4 is 28.4 Å². The van der Waals surface area contributed by atoms with E-state index in [1.54, 1.807) is 18.5 Å². The Balaban J connectivity index is 1.82.